The summed E-state index contributed by atoms with van der Waals surface area (Å²) in [5.74, 6) is 1.87. The lowest BCUT2D eigenvalue weighted by Crippen LogP contribution is -2.61. The molecule has 5 aliphatic carbocycles. The van der Waals surface area contributed by atoms with Crippen LogP contribution in [0.2, 0.25) is 0 Å². The molecular formula is C36H58O8. The number of aliphatic hydroxyl groups is 5. The van der Waals surface area contributed by atoms with Crippen LogP contribution in [0.15, 0.2) is 11.3 Å². The van der Waals surface area contributed by atoms with E-state index in [0.29, 0.717) is 11.8 Å². The molecule has 5 fully saturated rings. The molecule has 4 saturated carbocycles. The highest BCUT2D eigenvalue weighted by molar-refractivity contribution is 5.42. The van der Waals surface area contributed by atoms with Crippen LogP contribution in [0.3, 0.4) is 0 Å². The lowest BCUT2D eigenvalue weighted by atomic mass is 9.41. The molecular weight excluding hydrogens is 560 g/mol. The van der Waals surface area contributed by atoms with Gasteiger partial charge in [-0.05, 0) is 96.4 Å². The number of aliphatic hydroxyl groups excluding tert-OH is 5. The van der Waals surface area contributed by atoms with Crippen LogP contribution < -0.4 is 0 Å². The van der Waals surface area contributed by atoms with Crippen LogP contribution in [-0.4, -0.2) is 81.2 Å². The fourth-order valence-corrected chi connectivity index (χ4v) is 12.7. The highest BCUT2D eigenvalue weighted by Crippen LogP contribution is 2.89. The largest absolute Gasteiger partial charge is 0.489 e. The molecule has 5 N–H and O–H groups in total. The SMILES string of the molecule is C[C@@H]1C[C@H]([C@H](O)C(C)(C)C)OC2=C1[C@@]1(C)CC[C@@]34C[C@@]35CC[C@H](O[C@@H]3OC[C@@H](O)[C@H](O)[C@H]3O)C(C)(C)[C@@H]5CC[C@H]4[C@]1(C)[C@H]2O. The molecule has 1 saturated heterocycles. The number of hydrogen-bond donors (Lipinski definition) is 5. The number of rotatable bonds is 3. The van der Waals surface area contributed by atoms with Crippen molar-refractivity contribution in [1.82, 2.24) is 0 Å². The summed E-state index contributed by atoms with van der Waals surface area (Å²) in [5, 5.41) is 54.3. The monoisotopic (exact) mass is 618 g/mol. The van der Waals surface area contributed by atoms with Gasteiger partial charge in [0, 0.05) is 10.8 Å². The topological polar surface area (TPSA) is 129 Å². The van der Waals surface area contributed by atoms with Crippen molar-refractivity contribution < 1.29 is 39.7 Å². The van der Waals surface area contributed by atoms with Crippen LogP contribution in [0.25, 0.3) is 0 Å². The summed E-state index contributed by atoms with van der Waals surface area (Å²) in [5.41, 5.74) is 0.802. The van der Waals surface area contributed by atoms with Gasteiger partial charge in [-0.3, -0.25) is 0 Å². The van der Waals surface area contributed by atoms with Gasteiger partial charge in [0.15, 0.2) is 6.29 Å². The average molecular weight is 619 g/mol. The van der Waals surface area contributed by atoms with Crippen molar-refractivity contribution in [3.05, 3.63) is 11.3 Å². The van der Waals surface area contributed by atoms with E-state index in [-0.39, 0.29) is 57.2 Å². The maximum Gasteiger partial charge on any atom is 0.186 e. The molecule has 2 aliphatic heterocycles. The normalized spacial score (nSPS) is 55.1. The molecule has 2 heterocycles. The Labute approximate surface area is 263 Å². The molecule has 0 aromatic heterocycles. The second kappa shape index (κ2) is 9.67. The quantitative estimate of drug-likeness (QED) is 0.296. The Balaban J connectivity index is 1.15. The van der Waals surface area contributed by atoms with E-state index in [4.69, 9.17) is 14.2 Å². The predicted molar refractivity (Wildman–Crippen MR) is 164 cm³/mol. The third-order valence-corrected chi connectivity index (χ3v) is 15.2. The first-order valence-corrected chi connectivity index (χ1v) is 17.5. The van der Waals surface area contributed by atoms with E-state index in [0.717, 1.165) is 44.3 Å². The maximum atomic E-state index is 12.4. The van der Waals surface area contributed by atoms with Crippen LogP contribution >= 0.6 is 0 Å². The van der Waals surface area contributed by atoms with Crippen molar-refractivity contribution in [2.45, 2.75) is 156 Å². The van der Waals surface area contributed by atoms with Gasteiger partial charge >= 0.3 is 0 Å². The van der Waals surface area contributed by atoms with Crippen molar-refractivity contribution in [3.8, 4) is 0 Å². The molecule has 8 heteroatoms. The summed E-state index contributed by atoms with van der Waals surface area (Å²) < 4.78 is 18.8. The Bertz CT molecular complexity index is 1210. The van der Waals surface area contributed by atoms with Crippen molar-refractivity contribution in [2.75, 3.05) is 6.61 Å². The third kappa shape index (κ3) is 3.82. The van der Waals surface area contributed by atoms with Crippen LogP contribution in [0.4, 0.5) is 0 Å². The first-order valence-electron chi connectivity index (χ1n) is 17.5. The van der Waals surface area contributed by atoms with Crippen LogP contribution in [0.1, 0.15) is 107 Å². The highest BCUT2D eigenvalue weighted by atomic mass is 16.7. The third-order valence-electron chi connectivity index (χ3n) is 15.2. The van der Waals surface area contributed by atoms with Gasteiger partial charge in [0.2, 0.25) is 0 Å². The van der Waals surface area contributed by atoms with Gasteiger partial charge in [-0.25, -0.2) is 0 Å². The fraction of sp³-hybridized carbons (Fsp3) is 0.944. The number of allylic oxidation sites excluding steroid dienone is 1. The zero-order chi connectivity index (χ0) is 32.0. The molecule has 0 unspecified atom stereocenters. The Kier molecular flexibility index (Phi) is 7.00. The van der Waals surface area contributed by atoms with Crippen molar-refractivity contribution in [2.24, 2.45) is 50.2 Å². The molecule has 2 spiro atoms. The second-order valence-corrected chi connectivity index (χ2v) is 18.3. The molecule has 7 rings (SSSR count). The number of fused-ring (bicyclic) bond motifs is 3. The van der Waals surface area contributed by atoms with Crippen LogP contribution in [-0.2, 0) is 14.2 Å². The maximum absolute atomic E-state index is 12.4. The van der Waals surface area contributed by atoms with E-state index in [9.17, 15) is 25.5 Å². The summed E-state index contributed by atoms with van der Waals surface area (Å²) in [4.78, 5) is 0. The van der Waals surface area contributed by atoms with Crippen LogP contribution in [0, 0.1) is 50.2 Å². The van der Waals surface area contributed by atoms with Gasteiger partial charge in [0.1, 0.15) is 36.3 Å². The van der Waals surface area contributed by atoms with Crippen LogP contribution in [0.5, 0.6) is 0 Å². The van der Waals surface area contributed by atoms with E-state index in [1.807, 2.05) is 0 Å². The first kappa shape index (κ1) is 31.8. The standard InChI is InChI=1S/C36H58O8/c1-18-15-20(28(40)31(2,3)4)43-27-24(18)33(7)13-14-36-17-35(36)12-11-23(44-30-26(39)25(38)19(37)16-42-30)32(5,6)21(35)9-10-22(36)34(33,8)29(27)41/h18-23,25-26,28-30,37-41H,9-17H2,1-8H3/t18-,19-,20-,21+,22+,23+,25+,26-,28+,29+,30+,33-,34-,35-,36+/m1/s1. The van der Waals surface area contributed by atoms with Gasteiger partial charge < -0.3 is 39.7 Å². The molecule has 8 nitrogen and oxygen atoms in total. The first-order chi connectivity index (χ1) is 20.4. The zero-order valence-corrected chi connectivity index (χ0v) is 28.2. The minimum atomic E-state index is -1.28. The van der Waals surface area contributed by atoms with Crippen molar-refractivity contribution in [1.29, 1.82) is 0 Å². The zero-order valence-electron chi connectivity index (χ0n) is 28.2. The fourth-order valence-electron chi connectivity index (χ4n) is 12.7. The van der Waals surface area contributed by atoms with E-state index in [1.54, 1.807) is 0 Å². The molecule has 0 aromatic rings. The number of hydrogen-bond acceptors (Lipinski definition) is 8. The molecule has 0 amide bonds. The van der Waals surface area contributed by atoms with Crippen molar-refractivity contribution >= 4 is 0 Å². The molecule has 7 aliphatic rings. The van der Waals surface area contributed by atoms with E-state index in [1.165, 1.54) is 18.4 Å². The van der Waals surface area contributed by atoms with E-state index in [2.05, 4.69) is 55.4 Å². The van der Waals surface area contributed by atoms with Gasteiger partial charge in [-0.1, -0.05) is 55.4 Å². The smallest absolute Gasteiger partial charge is 0.186 e. The minimum Gasteiger partial charge on any atom is -0.489 e. The summed E-state index contributed by atoms with van der Waals surface area (Å²) in [6, 6.07) is 0. The Morgan fingerprint density at radius 2 is 1.55 bits per heavy atom. The van der Waals surface area contributed by atoms with E-state index < -0.39 is 36.8 Å². The van der Waals surface area contributed by atoms with Gasteiger partial charge in [-0.15, -0.1) is 0 Å². The van der Waals surface area contributed by atoms with Gasteiger partial charge in [0.05, 0.1) is 18.8 Å². The molecule has 44 heavy (non-hydrogen) atoms. The summed E-state index contributed by atoms with van der Waals surface area (Å²) in [6.45, 7) is 17.8. The lowest BCUT2D eigenvalue weighted by molar-refractivity contribution is -0.303. The molecule has 15 atom stereocenters. The van der Waals surface area contributed by atoms with Gasteiger partial charge in [-0.2, -0.15) is 0 Å². The Morgan fingerprint density at radius 1 is 0.886 bits per heavy atom. The van der Waals surface area contributed by atoms with E-state index >= 15 is 0 Å². The summed E-state index contributed by atoms with van der Waals surface area (Å²) >= 11 is 0. The predicted octanol–water partition coefficient (Wildman–Crippen LogP) is 4.30. The highest BCUT2D eigenvalue weighted by Gasteiger charge is 2.83. The Morgan fingerprint density at radius 3 is 2.23 bits per heavy atom. The Hall–Kier alpha value is -0.740. The summed E-state index contributed by atoms with van der Waals surface area (Å²) in [7, 11) is 0. The minimum absolute atomic E-state index is 0.0515. The van der Waals surface area contributed by atoms with Crippen molar-refractivity contribution in [3.63, 3.8) is 0 Å². The molecule has 0 aromatic carbocycles. The second-order valence-electron chi connectivity index (χ2n) is 18.3. The van der Waals surface area contributed by atoms with Gasteiger partial charge in [0.25, 0.3) is 0 Å². The molecule has 250 valence electrons. The molecule has 0 radical (unpaired) electrons. The average Bonchev–Trinajstić information content (AvgIpc) is 3.58. The lowest BCUT2D eigenvalue weighted by Gasteiger charge is -2.63. The summed E-state index contributed by atoms with van der Waals surface area (Å²) in [6.07, 6.45) is 1.93. The molecule has 0 bridgehead atoms. The number of ether oxygens (including phenoxy) is 3.